The van der Waals surface area contributed by atoms with Crippen molar-refractivity contribution in [1.82, 2.24) is 0 Å². The molecular formula is C10H24F6NOP. The van der Waals surface area contributed by atoms with Crippen LogP contribution in [-0.4, -0.2) is 38.0 Å². The molecule has 0 aliphatic heterocycles. The summed E-state index contributed by atoms with van der Waals surface area (Å²) in [5.74, 6) is 0. The van der Waals surface area contributed by atoms with E-state index in [0.29, 0.717) is 6.23 Å². The van der Waals surface area contributed by atoms with E-state index in [-0.39, 0.29) is 0 Å². The summed E-state index contributed by atoms with van der Waals surface area (Å²) in [5.41, 5.74) is 0. The molecule has 19 heavy (non-hydrogen) atoms. The van der Waals surface area contributed by atoms with Gasteiger partial charge < -0.3 is 9.22 Å². The minimum atomic E-state index is -10.7. The summed E-state index contributed by atoms with van der Waals surface area (Å²) in [5, 5.41) is 0. The molecule has 9 heteroatoms. The zero-order valence-electron chi connectivity index (χ0n) is 12.0. The molecule has 0 aliphatic carbocycles. The molecule has 0 saturated heterocycles. The Labute approximate surface area is 110 Å². The number of hydrogen-bond donors (Lipinski definition) is 0. The van der Waals surface area contributed by atoms with Crippen molar-refractivity contribution in [3.05, 3.63) is 0 Å². The van der Waals surface area contributed by atoms with Crippen LogP contribution in [0.2, 0.25) is 0 Å². The van der Waals surface area contributed by atoms with Crippen LogP contribution in [-0.2, 0) is 4.74 Å². The first-order chi connectivity index (χ1) is 7.99. The molecule has 0 aromatic rings. The molecule has 2 nitrogen and oxygen atoms in total. The van der Waals surface area contributed by atoms with Gasteiger partial charge in [-0.15, -0.1) is 0 Å². The molecule has 1 unspecified atom stereocenters. The Morgan fingerprint density at radius 2 is 1.32 bits per heavy atom. The Morgan fingerprint density at radius 1 is 0.947 bits per heavy atom. The van der Waals surface area contributed by atoms with Gasteiger partial charge in [-0.3, -0.25) is 0 Å². The molecule has 0 fully saturated rings. The van der Waals surface area contributed by atoms with Gasteiger partial charge >= 0.3 is 33.0 Å². The Kier molecular flexibility index (Phi) is 6.86. The summed E-state index contributed by atoms with van der Waals surface area (Å²) >= 11 is 0. The fraction of sp³-hybridized carbons (Fsp3) is 1.00. The van der Waals surface area contributed by atoms with Crippen LogP contribution in [0.1, 0.15) is 33.6 Å². The first-order valence-electron chi connectivity index (χ1n) is 6.00. The van der Waals surface area contributed by atoms with Gasteiger partial charge in [-0.25, -0.2) is 0 Å². The molecule has 0 amide bonds. The van der Waals surface area contributed by atoms with Gasteiger partial charge in [-0.2, -0.15) is 0 Å². The van der Waals surface area contributed by atoms with Crippen molar-refractivity contribution >= 4 is 7.81 Å². The first-order valence-corrected chi connectivity index (χ1v) is 8.03. The van der Waals surface area contributed by atoms with E-state index in [1.807, 2.05) is 0 Å². The zero-order chi connectivity index (χ0) is 16.0. The van der Waals surface area contributed by atoms with E-state index in [1.165, 1.54) is 13.0 Å². The predicted molar refractivity (Wildman–Crippen MR) is 66.5 cm³/mol. The van der Waals surface area contributed by atoms with Crippen molar-refractivity contribution in [2.75, 3.05) is 27.2 Å². The molecular weight excluding hydrogens is 295 g/mol. The van der Waals surface area contributed by atoms with Crippen LogP contribution >= 0.6 is 7.81 Å². The second-order valence-electron chi connectivity index (χ2n) is 4.93. The summed E-state index contributed by atoms with van der Waals surface area (Å²) < 4.78 is 65.8. The van der Waals surface area contributed by atoms with Crippen LogP contribution in [0, 0.1) is 0 Å². The Hall–Kier alpha value is -0.0700. The van der Waals surface area contributed by atoms with Crippen molar-refractivity contribution in [1.29, 1.82) is 0 Å². The van der Waals surface area contributed by atoms with E-state index >= 15 is 0 Å². The summed E-state index contributed by atoms with van der Waals surface area (Å²) in [6.45, 7) is 8.59. The fourth-order valence-corrected chi connectivity index (χ4v) is 1.25. The summed E-state index contributed by atoms with van der Waals surface area (Å²) in [6, 6.07) is 0. The summed E-state index contributed by atoms with van der Waals surface area (Å²) in [6.07, 6.45) is 2.65. The molecule has 0 N–H and O–H groups in total. The number of hydrogen-bond acceptors (Lipinski definition) is 1. The molecule has 1 atom stereocenters. The average Bonchev–Trinajstić information content (AvgIpc) is 2.08. The number of nitrogens with zero attached hydrogens (tertiary/aromatic N) is 1. The van der Waals surface area contributed by atoms with Crippen molar-refractivity contribution in [2.24, 2.45) is 0 Å². The van der Waals surface area contributed by atoms with Crippen molar-refractivity contribution in [3.63, 3.8) is 0 Å². The van der Waals surface area contributed by atoms with Crippen LogP contribution in [0.5, 0.6) is 0 Å². The maximum absolute atomic E-state index is 10.7. The number of quaternary nitrogens is 1. The van der Waals surface area contributed by atoms with Gasteiger partial charge in [0.25, 0.3) is 0 Å². The molecule has 0 aromatic heterocycles. The van der Waals surface area contributed by atoms with Gasteiger partial charge in [0.15, 0.2) is 6.23 Å². The SMILES string of the molecule is CCCOC(C)[N+](C)(C)CCC.F[P-](F)(F)(F)(F)F. The van der Waals surface area contributed by atoms with Gasteiger partial charge in [0.05, 0.1) is 27.2 Å². The van der Waals surface area contributed by atoms with Crippen LogP contribution in [0.25, 0.3) is 0 Å². The molecule has 0 bridgehead atoms. The van der Waals surface area contributed by atoms with Crippen LogP contribution < -0.4 is 0 Å². The van der Waals surface area contributed by atoms with E-state index in [2.05, 4.69) is 34.9 Å². The van der Waals surface area contributed by atoms with Gasteiger partial charge in [-0.05, 0) is 12.8 Å². The molecule has 0 heterocycles. The molecule has 0 rings (SSSR count). The maximum atomic E-state index is 9.87. The summed E-state index contributed by atoms with van der Waals surface area (Å²) in [4.78, 5) is 0. The van der Waals surface area contributed by atoms with E-state index in [0.717, 1.165) is 17.5 Å². The molecule has 0 aromatic carbocycles. The Bertz CT molecular complexity index is 251. The third-order valence-electron chi connectivity index (χ3n) is 2.35. The normalized spacial score (nSPS) is 17.8. The van der Waals surface area contributed by atoms with E-state index in [1.54, 1.807) is 0 Å². The third kappa shape index (κ3) is 23.4. The van der Waals surface area contributed by atoms with E-state index in [4.69, 9.17) is 4.74 Å². The first kappa shape index (κ1) is 21.2. The molecule has 0 radical (unpaired) electrons. The third-order valence-corrected chi connectivity index (χ3v) is 2.35. The van der Waals surface area contributed by atoms with Gasteiger partial charge in [0.2, 0.25) is 0 Å². The van der Waals surface area contributed by atoms with E-state index < -0.39 is 7.81 Å². The molecule has 122 valence electrons. The van der Waals surface area contributed by atoms with Crippen LogP contribution in [0.4, 0.5) is 25.2 Å². The summed E-state index contributed by atoms with van der Waals surface area (Å²) in [7, 11) is -6.21. The number of halogens is 6. The quantitative estimate of drug-likeness (QED) is 0.267. The second kappa shape index (κ2) is 6.14. The molecule has 0 spiro atoms. The standard InChI is InChI=1S/C10H24NO.F6P/c1-6-8-11(4,5)10(3)12-9-7-2;1-7(2,3,4,5)6/h10H,6-9H2,1-5H3;/q+1;-1. The van der Waals surface area contributed by atoms with Crippen molar-refractivity contribution < 1.29 is 34.4 Å². The van der Waals surface area contributed by atoms with Gasteiger partial charge in [0.1, 0.15) is 0 Å². The van der Waals surface area contributed by atoms with Gasteiger partial charge in [0, 0.05) is 6.92 Å². The molecule has 0 aliphatic rings. The van der Waals surface area contributed by atoms with Crippen LogP contribution in [0.3, 0.4) is 0 Å². The topological polar surface area (TPSA) is 9.23 Å². The zero-order valence-corrected chi connectivity index (χ0v) is 12.9. The van der Waals surface area contributed by atoms with Crippen LogP contribution in [0.15, 0.2) is 0 Å². The van der Waals surface area contributed by atoms with E-state index in [9.17, 15) is 25.2 Å². The predicted octanol–water partition coefficient (Wildman–Crippen LogP) is 5.63. The second-order valence-corrected chi connectivity index (χ2v) is 6.85. The minimum absolute atomic E-state index is 0.324. The fourth-order valence-electron chi connectivity index (χ4n) is 1.25. The molecule has 0 saturated carbocycles. The monoisotopic (exact) mass is 319 g/mol. The number of rotatable bonds is 6. The Morgan fingerprint density at radius 3 is 1.58 bits per heavy atom. The number of ether oxygens (including phenoxy) is 1. The van der Waals surface area contributed by atoms with Crippen molar-refractivity contribution in [2.45, 2.75) is 39.8 Å². The van der Waals surface area contributed by atoms with Gasteiger partial charge in [-0.1, -0.05) is 13.8 Å². The van der Waals surface area contributed by atoms with Crippen molar-refractivity contribution in [3.8, 4) is 0 Å². The Balaban J connectivity index is 0. The average molecular weight is 319 g/mol.